The summed E-state index contributed by atoms with van der Waals surface area (Å²) in [5.41, 5.74) is 0. The minimum Gasteiger partial charge on any atom is -0.463 e. The Kier molecular flexibility index (Phi) is 10.3. The standard InChI is InChI=1S/C17H18Cl4O4/c1-2-3-4-5-6-9-24-13(22)7-8-14(23)25-17-12(19)10-11(18)15(20)16(17)21/h7-8,10H,2-6,9H2,1H3/b8-7+. The zero-order chi connectivity index (χ0) is 18.8. The van der Waals surface area contributed by atoms with Crippen molar-refractivity contribution in [2.75, 3.05) is 6.61 Å². The van der Waals surface area contributed by atoms with E-state index in [0.29, 0.717) is 6.61 Å². The summed E-state index contributed by atoms with van der Waals surface area (Å²) in [5.74, 6) is -1.60. The summed E-state index contributed by atoms with van der Waals surface area (Å²) in [6.45, 7) is 2.44. The molecule has 138 valence electrons. The molecule has 0 saturated heterocycles. The lowest BCUT2D eigenvalue weighted by Gasteiger charge is -2.09. The number of ether oxygens (including phenoxy) is 2. The molecule has 0 aliphatic carbocycles. The van der Waals surface area contributed by atoms with E-state index in [0.717, 1.165) is 37.8 Å². The fourth-order valence-electron chi connectivity index (χ4n) is 1.84. The number of esters is 2. The van der Waals surface area contributed by atoms with Crippen LogP contribution < -0.4 is 4.74 Å². The normalized spacial score (nSPS) is 10.9. The first kappa shape index (κ1) is 22.1. The SMILES string of the molecule is CCCCCCCOC(=O)/C=C/C(=O)Oc1c(Cl)cc(Cl)c(Cl)c1Cl. The fourth-order valence-corrected chi connectivity index (χ4v) is 2.82. The maximum Gasteiger partial charge on any atom is 0.336 e. The minimum atomic E-state index is -0.845. The molecule has 25 heavy (non-hydrogen) atoms. The van der Waals surface area contributed by atoms with Gasteiger partial charge in [-0.1, -0.05) is 79.0 Å². The third-order valence-electron chi connectivity index (χ3n) is 3.12. The second-order valence-corrected chi connectivity index (χ2v) is 6.70. The topological polar surface area (TPSA) is 52.6 Å². The van der Waals surface area contributed by atoms with Crippen LogP contribution in [0.2, 0.25) is 20.1 Å². The van der Waals surface area contributed by atoms with Gasteiger partial charge in [-0.05, 0) is 12.5 Å². The van der Waals surface area contributed by atoms with Crippen LogP contribution in [-0.2, 0) is 14.3 Å². The van der Waals surface area contributed by atoms with E-state index in [1.165, 1.54) is 12.5 Å². The average Bonchev–Trinajstić information content (AvgIpc) is 2.58. The van der Waals surface area contributed by atoms with Gasteiger partial charge in [-0.2, -0.15) is 0 Å². The van der Waals surface area contributed by atoms with Crippen LogP contribution in [0.4, 0.5) is 0 Å². The monoisotopic (exact) mass is 426 g/mol. The summed E-state index contributed by atoms with van der Waals surface area (Å²) < 4.78 is 9.97. The quantitative estimate of drug-likeness (QED) is 0.116. The molecule has 0 heterocycles. The predicted molar refractivity (Wildman–Crippen MR) is 101 cm³/mol. The van der Waals surface area contributed by atoms with Crippen LogP contribution in [0.25, 0.3) is 0 Å². The first-order valence-corrected chi connectivity index (χ1v) is 9.27. The van der Waals surface area contributed by atoms with Gasteiger partial charge in [0.15, 0.2) is 5.75 Å². The Morgan fingerprint density at radius 3 is 2.24 bits per heavy atom. The van der Waals surface area contributed by atoms with Gasteiger partial charge in [0.25, 0.3) is 0 Å². The first-order valence-electron chi connectivity index (χ1n) is 7.76. The van der Waals surface area contributed by atoms with Gasteiger partial charge < -0.3 is 9.47 Å². The van der Waals surface area contributed by atoms with Crippen LogP contribution in [-0.4, -0.2) is 18.5 Å². The van der Waals surface area contributed by atoms with Crippen LogP contribution >= 0.6 is 46.4 Å². The lowest BCUT2D eigenvalue weighted by Crippen LogP contribution is -2.08. The van der Waals surface area contributed by atoms with Gasteiger partial charge in [0.05, 0.1) is 21.7 Å². The Morgan fingerprint density at radius 1 is 0.920 bits per heavy atom. The van der Waals surface area contributed by atoms with Gasteiger partial charge in [-0.3, -0.25) is 0 Å². The number of hydrogen-bond donors (Lipinski definition) is 0. The molecule has 1 aromatic rings. The van der Waals surface area contributed by atoms with Gasteiger partial charge >= 0.3 is 11.9 Å². The largest absolute Gasteiger partial charge is 0.463 e. The first-order chi connectivity index (χ1) is 11.9. The average molecular weight is 428 g/mol. The highest BCUT2D eigenvalue weighted by molar-refractivity contribution is 6.50. The van der Waals surface area contributed by atoms with Crippen LogP contribution in [0, 0.1) is 0 Å². The fraction of sp³-hybridized carbons (Fsp3) is 0.412. The maximum absolute atomic E-state index is 11.8. The molecule has 0 spiro atoms. The summed E-state index contributed by atoms with van der Waals surface area (Å²) >= 11 is 23.5. The molecule has 0 atom stereocenters. The number of carbonyl (C=O) groups is 2. The molecule has 4 nitrogen and oxygen atoms in total. The van der Waals surface area contributed by atoms with E-state index < -0.39 is 11.9 Å². The highest BCUT2D eigenvalue weighted by atomic mass is 35.5. The molecule has 0 radical (unpaired) electrons. The molecule has 0 unspecified atom stereocenters. The van der Waals surface area contributed by atoms with Crippen LogP contribution in [0.3, 0.4) is 0 Å². The Bertz CT molecular complexity index is 644. The number of hydrogen-bond acceptors (Lipinski definition) is 4. The van der Waals surface area contributed by atoms with Crippen molar-refractivity contribution in [1.29, 1.82) is 0 Å². The van der Waals surface area contributed by atoms with Crippen LogP contribution in [0.1, 0.15) is 39.0 Å². The second-order valence-electron chi connectivity index (χ2n) is 5.13. The van der Waals surface area contributed by atoms with E-state index in [1.54, 1.807) is 0 Å². The molecular weight excluding hydrogens is 410 g/mol. The summed E-state index contributed by atoms with van der Waals surface area (Å²) in [6, 6.07) is 1.30. The summed E-state index contributed by atoms with van der Waals surface area (Å²) in [6.07, 6.45) is 7.13. The van der Waals surface area contributed by atoms with Gasteiger partial charge in [0.2, 0.25) is 0 Å². The molecule has 0 aliphatic heterocycles. The Morgan fingerprint density at radius 2 is 1.56 bits per heavy atom. The van der Waals surface area contributed by atoms with E-state index in [4.69, 9.17) is 55.9 Å². The Hall–Kier alpha value is -0.940. The number of benzene rings is 1. The molecular formula is C17H18Cl4O4. The molecule has 0 amide bonds. The maximum atomic E-state index is 11.8. The highest BCUT2D eigenvalue weighted by Crippen LogP contribution is 2.42. The lowest BCUT2D eigenvalue weighted by molar-refractivity contribution is -0.138. The van der Waals surface area contributed by atoms with Crippen molar-refractivity contribution in [2.45, 2.75) is 39.0 Å². The predicted octanol–water partition coefficient (Wildman–Crippen LogP) is 6.28. The zero-order valence-electron chi connectivity index (χ0n) is 13.6. The van der Waals surface area contributed by atoms with Gasteiger partial charge in [-0.15, -0.1) is 0 Å². The molecule has 0 aromatic heterocycles. The second kappa shape index (κ2) is 11.6. The molecule has 0 N–H and O–H groups in total. The third-order valence-corrected chi connectivity index (χ3v) is 4.65. The number of rotatable bonds is 9. The van der Waals surface area contributed by atoms with Gasteiger partial charge in [-0.25, -0.2) is 9.59 Å². The van der Waals surface area contributed by atoms with E-state index in [1.807, 2.05) is 0 Å². The Balaban J connectivity index is 2.48. The number of carbonyl (C=O) groups excluding carboxylic acids is 2. The molecule has 0 fully saturated rings. The van der Waals surface area contributed by atoms with Crippen LogP contribution in [0.15, 0.2) is 18.2 Å². The molecule has 1 rings (SSSR count). The van der Waals surface area contributed by atoms with E-state index >= 15 is 0 Å². The Labute approximate surface area is 167 Å². The highest BCUT2D eigenvalue weighted by Gasteiger charge is 2.17. The van der Waals surface area contributed by atoms with Crippen molar-refractivity contribution in [2.24, 2.45) is 0 Å². The molecule has 1 aromatic carbocycles. The summed E-state index contributed by atoms with van der Waals surface area (Å²) in [7, 11) is 0. The number of halogens is 4. The van der Waals surface area contributed by atoms with Crippen molar-refractivity contribution in [3.8, 4) is 5.75 Å². The number of unbranched alkanes of at least 4 members (excludes halogenated alkanes) is 4. The third kappa shape index (κ3) is 7.87. The molecule has 8 heteroatoms. The minimum absolute atomic E-state index is 0.0157. The van der Waals surface area contributed by atoms with Crippen molar-refractivity contribution >= 4 is 58.3 Å². The van der Waals surface area contributed by atoms with Crippen molar-refractivity contribution in [1.82, 2.24) is 0 Å². The molecule has 0 bridgehead atoms. The van der Waals surface area contributed by atoms with Crippen LogP contribution in [0.5, 0.6) is 5.75 Å². The molecule has 0 aliphatic rings. The zero-order valence-corrected chi connectivity index (χ0v) is 16.6. The smallest absolute Gasteiger partial charge is 0.336 e. The summed E-state index contributed by atoms with van der Waals surface area (Å²) in [5, 5.41) is 0.0860. The van der Waals surface area contributed by atoms with E-state index in [-0.39, 0.29) is 25.8 Å². The van der Waals surface area contributed by atoms with Gasteiger partial charge in [0, 0.05) is 12.2 Å². The van der Waals surface area contributed by atoms with Crippen molar-refractivity contribution in [3.63, 3.8) is 0 Å². The van der Waals surface area contributed by atoms with Crippen molar-refractivity contribution in [3.05, 3.63) is 38.3 Å². The lowest BCUT2D eigenvalue weighted by atomic mass is 10.2. The summed E-state index contributed by atoms with van der Waals surface area (Å²) in [4.78, 5) is 23.3. The van der Waals surface area contributed by atoms with Gasteiger partial charge in [0.1, 0.15) is 5.02 Å². The van der Waals surface area contributed by atoms with Crippen molar-refractivity contribution < 1.29 is 19.1 Å². The molecule has 0 saturated carbocycles. The van der Waals surface area contributed by atoms with E-state index in [9.17, 15) is 9.59 Å². The van der Waals surface area contributed by atoms with E-state index in [2.05, 4.69) is 6.92 Å².